The minimum Gasteiger partial charge on any atom is -0.338 e. The van der Waals surface area contributed by atoms with Gasteiger partial charge in [0.2, 0.25) is 5.89 Å². The van der Waals surface area contributed by atoms with E-state index in [1.807, 2.05) is 32.4 Å². The number of nitrogens with two attached hydrogens (primary N) is 1. The molecule has 0 fully saturated rings. The highest BCUT2D eigenvalue weighted by Gasteiger charge is 2.21. The van der Waals surface area contributed by atoms with Crippen molar-refractivity contribution in [3.63, 3.8) is 0 Å². The molecule has 0 amide bonds. The van der Waals surface area contributed by atoms with E-state index in [0.717, 1.165) is 11.0 Å². The molecule has 0 aliphatic rings. The molecule has 2 heterocycles. The SMILES string of the molecule is Cn1c(CN)nnc1SCc1nc(C(C)(C)C)no1. The normalized spacial score (nSPS) is 12.1. The van der Waals surface area contributed by atoms with Crippen LogP contribution in [0.3, 0.4) is 0 Å². The van der Waals surface area contributed by atoms with Crippen molar-refractivity contribution in [1.29, 1.82) is 0 Å². The van der Waals surface area contributed by atoms with Gasteiger partial charge in [0, 0.05) is 12.5 Å². The lowest BCUT2D eigenvalue weighted by Crippen LogP contribution is -2.13. The third-order valence-electron chi connectivity index (χ3n) is 2.57. The Morgan fingerprint density at radius 1 is 1.32 bits per heavy atom. The third kappa shape index (κ3) is 3.13. The number of rotatable bonds is 4. The fraction of sp³-hybridized carbons (Fsp3) is 0.636. The summed E-state index contributed by atoms with van der Waals surface area (Å²) in [6.45, 7) is 6.51. The number of thioether (sulfide) groups is 1. The van der Waals surface area contributed by atoms with E-state index in [0.29, 0.717) is 24.0 Å². The molecule has 0 atom stereocenters. The summed E-state index contributed by atoms with van der Waals surface area (Å²) < 4.78 is 7.09. The van der Waals surface area contributed by atoms with Gasteiger partial charge in [0.15, 0.2) is 11.0 Å². The highest BCUT2D eigenvalue weighted by molar-refractivity contribution is 7.98. The predicted molar refractivity (Wildman–Crippen MR) is 71.5 cm³/mol. The molecular weight excluding hydrogens is 264 g/mol. The fourth-order valence-electron chi connectivity index (χ4n) is 1.39. The second-order valence-electron chi connectivity index (χ2n) is 5.21. The lowest BCUT2D eigenvalue weighted by molar-refractivity contribution is 0.372. The zero-order valence-corrected chi connectivity index (χ0v) is 12.4. The third-order valence-corrected chi connectivity index (χ3v) is 3.58. The van der Waals surface area contributed by atoms with E-state index < -0.39 is 0 Å². The van der Waals surface area contributed by atoms with Gasteiger partial charge in [0.25, 0.3) is 0 Å². The summed E-state index contributed by atoms with van der Waals surface area (Å²) in [6, 6.07) is 0. The molecule has 2 aromatic rings. The van der Waals surface area contributed by atoms with Crippen molar-refractivity contribution in [2.45, 2.75) is 43.6 Å². The van der Waals surface area contributed by atoms with E-state index in [4.69, 9.17) is 10.3 Å². The molecular formula is C11H18N6OS. The van der Waals surface area contributed by atoms with Crippen molar-refractivity contribution >= 4 is 11.8 Å². The summed E-state index contributed by atoms with van der Waals surface area (Å²) in [7, 11) is 1.89. The summed E-state index contributed by atoms with van der Waals surface area (Å²) in [5.41, 5.74) is 5.44. The Morgan fingerprint density at radius 3 is 2.58 bits per heavy atom. The largest absolute Gasteiger partial charge is 0.338 e. The molecule has 0 bridgehead atoms. The molecule has 0 aliphatic carbocycles. The number of nitrogens with zero attached hydrogens (tertiary/aromatic N) is 5. The molecule has 0 saturated heterocycles. The van der Waals surface area contributed by atoms with Crippen LogP contribution in [0, 0.1) is 0 Å². The smallest absolute Gasteiger partial charge is 0.237 e. The average Bonchev–Trinajstić information content (AvgIpc) is 2.93. The van der Waals surface area contributed by atoms with Crippen molar-refractivity contribution in [2.24, 2.45) is 12.8 Å². The van der Waals surface area contributed by atoms with Crippen LogP contribution in [-0.2, 0) is 24.8 Å². The van der Waals surface area contributed by atoms with Crippen LogP contribution in [0.4, 0.5) is 0 Å². The van der Waals surface area contributed by atoms with Gasteiger partial charge in [-0.15, -0.1) is 10.2 Å². The highest BCUT2D eigenvalue weighted by atomic mass is 32.2. The molecule has 2 N–H and O–H groups in total. The quantitative estimate of drug-likeness (QED) is 0.843. The van der Waals surface area contributed by atoms with E-state index >= 15 is 0 Å². The Hall–Kier alpha value is -1.41. The molecule has 7 nitrogen and oxygen atoms in total. The molecule has 0 unspecified atom stereocenters. The van der Waals surface area contributed by atoms with Crippen LogP contribution >= 0.6 is 11.8 Å². The summed E-state index contributed by atoms with van der Waals surface area (Å²) in [5.74, 6) is 2.62. The van der Waals surface area contributed by atoms with Crippen LogP contribution in [0.2, 0.25) is 0 Å². The first-order valence-corrected chi connectivity index (χ1v) is 6.94. The summed E-state index contributed by atoms with van der Waals surface area (Å²) >= 11 is 1.50. The van der Waals surface area contributed by atoms with Gasteiger partial charge in [-0.1, -0.05) is 37.7 Å². The van der Waals surface area contributed by atoms with Gasteiger partial charge in [-0.05, 0) is 0 Å². The van der Waals surface area contributed by atoms with Gasteiger partial charge in [0.1, 0.15) is 5.82 Å². The van der Waals surface area contributed by atoms with Crippen molar-refractivity contribution < 1.29 is 4.52 Å². The van der Waals surface area contributed by atoms with Gasteiger partial charge in [-0.25, -0.2) is 0 Å². The average molecular weight is 282 g/mol. The molecule has 0 spiro atoms. The van der Waals surface area contributed by atoms with Crippen LogP contribution in [0.1, 0.15) is 38.3 Å². The molecule has 19 heavy (non-hydrogen) atoms. The monoisotopic (exact) mass is 282 g/mol. The second-order valence-corrected chi connectivity index (χ2v) is 6.15. The topological polar surface area (TPSA) is 95.7 Å². The van der Waals surface area contributed by atoms with E-state index in [1.165, 1.54) is 11.8 Å². The minimum atomic E-state index is -0.107. The molecule has 0 aromatic carbocycles. The van der Waals surface area contributed by atoms with E-state index in [2.05, 4.69) is 20.3 Å². The van der Waals surface area contributed by atoms with E-state index in [-0.39, 0.29) is 5.41 Å². The Balaban J connectivity index is 2.02. The standard InChI is InChI=1S/C11H18N6OS/c1-11(2,3)9-13-8(18-16-9)6-19-10-15-14-7(5-12)17(10)4/h5-6,12H2,1-4H3. The first kappa shape index (κ1) is 14.0. The lowest BCUT2D eigenvalue weighted by atomic mass is 9.96. The van der Waals surface area contributed by atoms with Gasteiger partial charge in [-0.3, -0.25) is 0 Å². The van der Waals surface area contributed by atoms with Crippen molar-refractivity contribution in [3.05, 3.63) is 17.5 Å². The first-order chi connectivity index (χ1) is 8.91. The van der Waals surface area contributed by atoms with Crippen molar-refractivity contribution in [3.8, 4) is 0 Å². The van der Waals surface area contributed by atoms with Crippen LogP contribution in [0.25, 0.3) is 0 Å². The maximum atomic E-state index is 5.55. The first-order valence-electron chi connectivity index (χ1n) is 5.96. The number of aromatic nitrogens is 5. The Kier molecular flexibility index (Phi) is 3.91. The molecule has 0 aliphatic heterocycles. The van der Waals surface area contributed by atoms with Gasteiger partial charge < -0.3 is 14.8 Å². The summed E-state index contributed by atoms with van der Waals surface area (Å²) in [4.78, 5) is 4.37. The van der Waals surface area contributed by atoms with Gasteiger partial charge in [-0.2, -0.15) is 4.98 Å². The Labute approximate surface area is 116 Å². The molecule has 8 heteroatoms. The second kappa shape index (κ2) is 5.30. The van der Waals surface area contributed by atoms with Crippen molar-refractivity contribution in [2.75, 3.05) is 0 Å². The highest BCUT2D eigenvalue weighted by Crippen LogP contribution is 2.23. The summed E-state index contributed by atoms with van der Waals surface area (Å²) in [6.07, 6.45) is 0. The van der Waals surface area contributed by atoms with Crippen LogP contribution in [0.15, 0.2) is 9.68 Å². The van der Waals surface area contributed by atoms with Gasteiger partial charge >= 0.3 is 0 Å². The fourth-order valence-corrected chi connectivity index (χ4v) is 2.16. The molecule has 0 radical (unpaired) electrons. The zero-order valence-electron chi connectivity index (χ0n) is 11.5. The summed E-state index contributed by atoms with van der Waals surface area (Å²) in [5, 5.41) is 12.8. The molecule has 0 saturated carbocycles. The minimum absolute atomic E-state index is 0.107. The molecule has 2 rings (SSSR count). The maximum absolute atomic E-state index is 5.55. The number of hydrogen-bond acceptors (Lipinski definition) is 7. The van der Waals surface area contributed by atoms with E-state index in [1.54, 1.807) is 0 Å². The maximum Gasteiger partial charge on any atom is 0.237 e. The molecule has 104 valence electrons. The Morgan fingerprint density at radius 2 is 2.05 bits per heavy atom. The lowest BCUT2D eigenvalue weighted by Gasteiger charge is -2.10. The number of hydrogen-bond donors (Lipinski definition) is 1. The zero-order chi connectivity index (χ0) is 14.0. The molecule has 2 aromatic heterocycles. The van der Waals surface area contributed by atoms with Crippen molar-refractivity contribution in [1.82, 2.24) is 24.9 Å². The van der Waals surface area contributed by atoms with Crippen LogP contribution in [0.5, 0.6) is 0 Å². The predicted octanol–water partition coefficient (Wildman–Crippen LogP) is 1.25. The Bertz CT molecular complexity index is 556. The van der Waals surface area contributed by atoms with Crippen LogP contribution in [-0.4, -0.2) is 24.9 Å². The van der Waals surface area contributed by atoms with Gasteiger partial charge in [0.05, 0.1) is 12.3 Å². The van der Waals surface area contributed by atoms with Crippen LogP contribution < -0.4 is 5.73 Å². The van der Waals surface area contributed by atoms with E-state index in [9.17, 15) is 0 Å².